The Bertz CT molecular complexity index is 363. The molecule has 0 bridgehead atoms. The Morgan fingerprint density at radius 1 is 1.33 bits per heavy atom. The first kappa shape index (κ1) is 11.6. The van der Waals surface area contributed by atoms with E-state index in [4.69, 9.17) is 5.26 Å². The van der Waals surface area contributed by atoms with E-state index < -0.39 is 0 Å². The number of anilines is 1. The summed E-state index contributed by atoms with van der Waals surface area (Å²) in [5.74, 6) is 0. The van der Waals surface area contributed by atoms with Crippen LogP contribution in [0.25, 0.3) is 0 Å². The van der Waals surface area contributed by atoms with Crippen molar-refractivity contribution in [3.63, 3.8) is 0 Å². The Kier molecular flexibility index (Phi) is 4.17. The molecule has 0 N–H and O–H groups in total. The highest BCUT2D eigenvalue weighted by molar-refractivity contribution is 5.54. The van der Waals surface area contributed by atoms with E-state index in [-0.39, 0.29) is 0 Å². The average Bonchev–Trinajstić information content (AvgIpc) is 2.22. The first-order valence-electron chi connectivity index (χ1n) is 5.30. The van der Waals surface area contributed by atoms with Gasteiger partial charge < -0.3 is 4.90 Å². The van der Waals surface area contributed by atoms with Crippen LogP contribution in [0.15, 0.2) is 18.2 Å². The van der Waals surface area contributed by atoms with Gasteiger partial charge >= 0.3 is 0 Å². The minimum Gasteiger partial charge on any atom is -0.374 e. The topological polar surface area (TPSA) is 27.0 Å². The molecule has 1 rings (SSSR count). The fraction of sp³-hybridized carbons (Fsp3) is 0.462. The van der Waals surface area contributed by atoms with Crippen LogP contribution in [0.4, 0.5) is 5.69 Å². The predicted octanol–water partition coefficient (Wildman–Crippen LogP) is 3.04. The van der Waals surface area contributed by atoms with Crippen molar-refractivity contribution in [2.24, 2.45) is 0 Å². The third-order valence-corrected chi connectivity index (χ3v) is 2.56. The van der Waals surface area contributed by atoms with Crippen molar-refractivity contribution in [3.05, 3.63) is 29.3 Å². The lowest BCUT2D eigenvalue weighted by atomic mass is 10.1. The summed E-state index contributed by atoms with van der Waals surface area (Å²) in [5.41, 5.74) is 3.84. The molecule has 0 saturated carbocycles. The molecule has 0 aromatic heterocycles. The molecule has 0 aliphatic carbocycles. The summed E-state index contributed by atoms with van der Waals surface area (Å²) in [6.07, 6.45) is 1.57. The van der Waals surface area contributed by atoms with Crippen LogP contribution >= 0.6 is 0 Å². The van der Waals surface area contributed by atoms with Gasteiger partial charge in [-0.25, -0.2) is 0 Å². The lowest BCUT2D eigenvalue weighted by Crippen LogP contribution is -2.19. The highest BCUT2D eigenvalue weighted by Crippen LogP contribution is 2.20. The molecular formula is C13H18N2. The summed E-state index contributed by atoms with van der Waals surface area (Å²) in [4.78, 5) is 2.22. The van der Waals surface area contributed by atoms with E-state index in [2.05, 4.69) is 50.1 Å². The first-order valence-corrected chi connectivity index (χ1v) is 5.30. The molecule has 0 atom stereocenters. The van der Waals surface area contributed by atoms with Crippen LogP contribution in [-0.2, 0) is 0 Å². The van der Waals surface area contributed by atoms with Crippen LogP contribution in [0, 0.1) is 25.2 Å². The van der Waals surface area contributed by atoms with Gasteiger partial charge in [0.05, 0.1) is 6.07 Å². The highest BCUT2D eigenvalue weighted by Gasteiger charge is 2.03. The second-order valence-electron chi connectivity index (χ2n) is 3.97. The molecular weight excluding hydrogens is 184 g/mol. The molecule has 0 fully saturated rings. The van der Waals surface area contributed by atoms with Crippen LogP contribution in [-0.4, -0.2) is 13.6 Å². The molecule has 1 aromatic rings. The van der Waals surface area contributed by atoms with E-state index in [1.165, 1.54) is 16.8 Å². The van der Waals surface area contributed by atoms with Gasteiger partial charge in [-0.05, 0) is 37.5 Å². The van der Waals surface area contributed by atoms with Gasteiger partial charge in [-0.15, -0.1) is 0 Å². The number of unbranched alkanes of at least 4 members (excludes halogenated alkanes) is 1. The Balaban J connectivity index is 2.69. The summed E-state index contributed by atoms with van der Waals surface area (Å²) in [5, 5.41) is 8.48. The molecule has 0 aliphatic heterocycles. The molecule has 2 heteroatoms. The van der Waals surface area contributed by atoms with Crippen molar-refractivity contribution in [2.75, 3.05) is 18.5 Å². The molecule has 0 amide bonds. The van der Waals surface area contributed by atoms with Crippen molar-refractivity contribution in [3.8, 4) is 6.07 Å². The van der Waals surface area contributed by atoms with Crippen molar-refractivity contribution in [1.29, 1.82) is 5.26 Å². The number of hydrogen-bond donors (Lipinski definition) is 0. The SMILES string of the molecule is Cc1ccc(C)c(N(C)CCCC#N)c1. The predicted molar refractivity (Wildman–Crippen MR) is 64.0 cm³/mol. The molecule has 2 nitrogen and oxygen atoms in total. The molecule has 0 unspecified atom stereocenters. The average molecular weight is 202 g/mol. The quantitative estimate of drug-likeness (QED) is 0.702. The van der Waals surface area contributed by atoms with Crippen LogP contribution in [0.5, 0.6) is 0 Å². The van der Waals surface area contributed by atoms with Gasteiger partial charge in [-0.1, -0.05) is 12.1 Å². The Labute approximate surface area is 92.1 Å². The van der Waals surface area contributed by atoms with Gasteiger partial charge in [0.2, 0.25) is 0 Å². The number of hydrogen-bond acceptors (Lipinski definition) is 2. The largest absolute Gasteiger partial charge is 0.374 e. The summed E-state index contributed by atoms with van der Waals surface area (Å²) >= 11 is 0. The van der Waals surface area contributed by atoms with E-state index in [9.17, 15) is 0 Å². The summed E-state index contributed by atoms with van der Waals surface area (Å²) in [7, 11) is 2.08. The van der Waals surface area contributed by atoms with Gasteiger partial charge in [0.25, 0.3) is 0 Å². The van der Waals surface area contributed by atoms with Crippen molar-refractivity contribution < 1.29 is 0 Å². The molecule has 0 saturated heterocycles. The molecule has 0 heterocycles. The van der Waals surface area contributed by atoms with Crippen LogP contribution in [0.3, 0.4) is 0 Å². The smallest absolute Gasteiger partial charge is 0.0622 e. The molecule has 0 spiro atoms. The maximum absolute atomic E-state index is 8.48. The minimum absolute atomic E-state index is 0.634. The number of aryl methyl sites for hydroxylation is 2. The Hall–Kier alpha value is -1.49. The molecule has 15 heavy (non-hydrogen) atoms. The fourth-order valence-corrected chi connectivity index (χ4v) is 1.65. The standard InChI is InChI=1S/C13H18N2/c1-11-6-7-12(2)13(10-11)15(3)9-5-4-8-14/h6-7,10H,4-5,9H2,1-3H3. The first-order chi connectivity index (χ1) is 7.15. The second kappa shape index (κ2) is 5.41. The Morgan fingerprint density at radius 2 is 2.07 bits per heavy atom. The van der Waals surface area contributed by atoms with E-state index in [1.54, 1.807) is 0 Å². The third kappa shape index (κ3) is 3.28. The minimum atomic E-state index is 0.634. The van der Waals surface area contributed by atoms with E-state index in [1.807, 2.05) is 0 Å². The van der Waals surface area contributed by atoms with Gasteiger partial charge in [0, 0.05) is 25.7 Å². The highest BCUT2D eigenvalue weighted by atomic mass is 15.1. The van der Waals surface area contributed by atoms with Gasteiger partial charge in [-0.2, -0.15) is 5.26 Å². The van der Waals surface area contributed by atoms with Crippen molar-refractivity contribution >= 4 is 5.69 Å². The lowest BCUT2D eigenvalue weighted by Gasteiger charge is -2.21. The summed E-state index contributed by atoms with van der Waals surface area (Å²) in [6.45, 7) is 5.17. The van der Waals surface area contributed by atoms with Crippen LogP contribution in [0.2, 0.25) is 0 Å². The third-order valence-electron chi connectivity index (χ3n) is 2.56. The van der Waals surface area contributed by atoms with Gasteiger partial charge in [0.1, 0.15) is 0 Å². The van der Waals surface area contributed by atoms with Crippen molar-refractivity contribution in [1.82, 2.24) is 0 Å². The monoisotopic (exact) mass is 202 g/mol. The van der Waals surface area contributed by atoms with Crippen LogP contribution in [0.1, 0.15) is 24.0 Å². The molecule has 0 aliphatic rings. The van der Waals surface area contributed by atoms with Gasteiger partial charge in [-0.3, -0.25) is 0 Å². The summed E-state index contributed by atoms with van der Waals surface area (Å²) < 4.78 is 0. The second-order valence-corrected chi connectivity index (χ2v) is 3.97. The van der Waals surface area contributed by atoms with E-state index >= 15 is 0 Å². The fourth-order valence-electron chi connectivity index (χ4n) is 1.65. The van der Waals surface area contributed by atoms with E-state index in [0.717, 1.165) is 13.0 Å². The van der Waals surface area contributed by atoms with Gasteiger partial charge in [0.15, 0.2) is 0 Å². The molecule has 1 aromatic carbocycles. The van der Waals surface area contributed by atoms with E-state index in [0.29, 0.717) is 6.42 Å². The maximum Gasteiger partial charge on any atom is 0.0622 e. The normalized spacial score (nSPS) is 9.73. The summed E-state index contributed by atoms with van der Waals surface area (Å²) in [6, 6.07) is 8.64. The number of nitrogens with zero attached hydrogens (tertiary/aromatic N) is 2. The Morgan fingerprint density at radius 3 is 2.73 bits per heavy atom. The molecule has 0 radical (unpaired) electrons. The zero-order chi connectivity index (χ0) is 11.3. The maximum atomic E-state index is 8.48. The van der Waals surface area contributed by atoms with Crippen molar-refractivity contribution in [2.45, 2.75) is 26.7 Å². The number of nitriles is 1. The number of benzene rings is 1. The lowest BCUT2D eigenvalue weighted by molar-refractivity contribution is 0.804. The molecule has 80 valence electrons. The number of rotatable bonds is 4. The zero-order valence-corrected chi connectivity index (χ0v) is 9.75. The van der Waals surface area contributed by atoms with Crippen LogP contribution < -0.4 is 4.90 Å². The zero-order valence-electron chi connectivity index (χ0n) is 9.75.